The number of carbonyl (C=O) groups is 1. The fourth-order valence-corrected chi connectivity index (χ4v) is 4.12. The summed E-state index contributed by atoms with van der Waals surface area (Å²) in [6.07, 6.45) is 1.26. The maximum absolute atomic E-state index is 12.1. The van der Waals surface area contributed by atoms with Crippen molar-refractivity contribution in [2.45, 2.75) is 32.8 Å². The molecule has 5 nitrogen and oxygen atoms in total. The summed E-state index contributed by atoms with van der Waals surface area (Å²) in [5.41, 5.74) is 1.02. The van der Waals surface area contributed by atoms with Crippen LogP contribution in [0.2, 0.25) is 0 Å². The van der Waals surface area contributed by atoms with Gasteiger partial charge in [-0.15, -0.1) is 11.3 Å². The first-order valence-corrected chi connectivity index (χ1v) is 9.87. The zero-order valence-corrected chi connectivity index (χ0v) is 15.8. The van der Waals surface area contributed by atoms with Crippen LogP contribution in [0, 0.1) is 5.92 Å². The van der Waals surface area contributed by atoms with Crippen LogP contribution < -0.4 is 5.32 Å². The van der Waals surface area contributed by atoms with E-state index in [2.05, 4.69) is 35.1 Å². The Morgan fingerprint density at radius 3 is 3.08 bits per heavy atom. The summed E-state index contributed by atoms with van der Waals surface area (Å²) < 4.78 is 6.96. The van der Waals surface area contributed by atoms with Crippen LogP contribution in [0.3, 0.4) is 0 Å². The van der Waals surface area contributed by atoms with E-state index in [1.807, 2.05) is 18.2 Å². The van der Waals surface area contributed by atoms with Gasteiger partial charge in [0, 0.05) is 39.0 Å². The summed E-state index contributed by atoms with van der Waals surface area (Å²) in [5.74, 6) is 0.728. The maximum atomic E-state index is 12.1. The molecule has 1 aliphatic heterocycles. The largest absolute Gasteiger partial charge is 0.374 e. The number of aryl methyl sites for hydroxylation is 1. The first kappa shape index (κ1) is 18.3. The van der Waals surface area contributed by atoms with Gasteiger partial charge in [0.1, 0.15) is 0 Å². The number of carbonyl (C=O) groups excluding carboxylic acids is 1. The van der Waals surface area contributed by atoms with Crippen LogP contribution >= 0.6 is 11.3 Å². The van der Waals surface area contributed by atoms with Gasteiger partial charge < -0.3 is 10.1 Å². The molecule has 1 saturated heterocycles. The minimum atomic E-state index is 0.0730. The van der Waals surface area contributed by atoms with Gasteiger partial charge in [-0.25, -0.2) is 4.98 Å². The number of thiazole rings is 1. The van der Waals surface area contributed by atoms with Gasteiger partial charge in [-0.05, 0) is 18.1 Å². The lowest BCUT2D eigenvalue weighted by molar-refractivity contribution is -0.122. The Hall–Kier alpha value is -1.50. The van der Waals surface area contributed by atoms with Crippen molar-refractivity contribution >= 4 is 27.5 Å². The van der Waals surface area contributed by atoms with Gasteiger partial charge in [0.15, 0.2) is 0 Å². The molecule has 25 heavy (non-hydrogen) atoms. The van der Waals surface area contributed by atoms with E-state index in [1.54, 1.807) is 11.3 Å². The number of hydrogen-bond acceptors (Lipinski definition) is 5. The van der Waals surface area contributed by atoms with Crippen molar-refractivity contribution in [3.8, 4) is 0 Å². The van der Waals surface area contributed by atoms with Crippen molar-refractivity contribution in [2.75, 3.05) is 32.8 Å². The van der Waals surface area contributed by atoms with Crippen LogP contribution in [0.25, 0.3) is 10.2 Å². The van der Waals surface area contributed by atoms with Crippen LogP contribution in [0.1, 0.15) is 25.3 Å². The second-order valence-electron chi connectivity index (χ2n) is 7.03. The number of ether oxygens (including phenoxy) is 1. The van der Waals surface area contributed by atoms with Crippen molar-refractivity contribution in [2.24, 2.45) is 5.92 Å². The third-order valence-electron chi connectivity index (χ3n) is 4.28. The first-order chi connectivity index (χ1) is 12.1. The van der Waals surface area contributed by atoms with E-state index in [-0.39, 0.29) is 12.0 Å². The zero-order valence-electron chi connectivity index (χ0n) is 15.0. The molecular formula is C19H27N3O2S. The molecule has 2 heterocycles. The molecule has 1 amide bonds. The topological polar surface area (TPSA) is 54.5 Å². The number of nitrogens with zero attached hydrogens (tertiary/aromatic N) is 2. The molecule has 2 aromatic rings. The Balaban J connectivity index is 1.40. The lowest BCUT2D eigenvalue weighted by atomic mass is 10.2. The highest BCUT2D eigenvalue weighted by Gasteiger charge is 2.21. The van der Waals surface area contributed by atoms with Crippen molar-refractivity contribution in [1.29, 1.82) is 0 Å². The summed E-state index contributed by atoms with van der Waals surface area (Å²) in [5, 5.41) is 4.04. The zero-order chi connectivity index (χ0) is 17.6. The van der Waals surface area contributed by atoms with Crippen LogP contribution in [0.15, 0.2) is 24.3 Å². The summed E-state index contributed by atoms with van der Waals surface area (Å²) in [7, 11) is 0. The van der Waals surface area contributed by atoms with E-state index < -0.39 is 0 Å². The summed E-state index contributed by atoms with van der Waals surface area (Å²) in [6.45, 7) is 8.77. The molecule has 1 N–H and O–H groups in total. The number of rotatable bonds is 7. The molecular weight excluding hydrogens is 334 g/mol. The third-order valence-corrected chi connectivity index (χ3v) is 5.37. The number of fused-ring (bicyclic) bond motifs is 1. The molecule has 0 spiro atoms. The molecule has 6 heteroatoms. The Morgan fingerprint density at radius 2 is 2.28 bits per heavy atom. The highest BCUT2D eigenvalue weighted by Crippen LogP contribution is 2.22. The highest BCUT2D eigenvalue weighted by atomic mass is 32.1. The van der Waals surface area contributed by atoms with Gasteiger partial charge >= 0.3 is 0 Å². The van der Waals surface area contributed by atoms with Crippen LogP contribution in [-0.2, 0) is 16.0 Å². The molecule has 1 fully saturated rings. The molecule has 0 radical (unpaired) electrons. The fraction of sp³-hybridized carbons (Fsp3) is 0.579. The molecule has 1 atom stereocenters. The fourth-order valence-electron chi connectivity index (χ4n) is 3.15. The molecule has 1 aliphatic rings. The number of para-hydroxylation sites is 1. The molecule has 0 unspecified atom stereocenters. The number of hydrogen-bond donors (Lipinski definition) is 1. The van der Waals surface area contributed by atoms with Gasteiger partial charge in [-0.3, -0.25) is 9.69 Å². The second-order valence-corrected chi connectivity index (χ2v) is 8.14. The number of morpholine rings is 1. The van der Waals surface area contributed by atoms with Gasteiger partial charge in [-0.2, -0.15) is 0 Å². The van der Waals surface area contributed by atoms with Crippen LogP contribution in [0.4, 0.5) is 0 Å². The van der Waals surface area contributed by atoms with E-state index in [0.717, 1.165) is 36.8 Å². The smallest absolute Gasteiger partial charge is 0.220 e. The molecule has 3 rings (SSSR count). The highest BCUT2D eigenvalue weighted by molar-refractivity contribution is 7.18. The SMILES string of the molecule is CC(C)CN1CCO[C@H](CNC(=O)CCc2nc3ccccc3s2)C1. The maximum Gasteiger partial charge on any atom is 0.220 e. The lowest BCUT2D eigenvalue weighted by Crippen LogP contribution is -2.48. The van der Waals surface area contributed by atoms with E-state index in [0.29, 0.717) is 25.3 Å². The van der Waals surface area contributed by atoms with Crippen molar-refractivity contribution in [3.63, 3.8) is 0 Å². The quantitative estimate of drug-likeness (QED) is 0.824. The minimum Gasteiger partial charge on any atom is -0.374 e. The van der Waals surface area contributed by atoms with Gasteiger partial charge in [0.25, 0.3) is 0 Å². The average Bonchev–Trinajstić information content (AvgIpc) is 3.01. The molecule has 136 valence electrons. The normalized spacial score (nSPS) is 18.8. The average molecular weight is 362 g/mol. The second kappa shape index (κ2) is 8.74. The monoisotopic (exact) mass is 361 g/mol. The summed E-state index contributed by atoms with van der Waals surface area (Å²) >= 11 is 1.67. The number of aromatic nitrogens is 1. The van der Waals surface area contributed by atoms with Gasteiger partial charge in [-0.1, -0.05) is 26.0 Å². The number of benzene rings is 1. The Labute approximate surface area is 153 Å². The predicted octanol–water partition coefficient (Wildman–Crippen LogP) is 2.70. The molecule has 0 saturated carbocycles. The van der Waals surface area contributed by atoms with E-state index in [1.165, 1.54) is 4.70 Å². The minimum absolute atomic E-state index is 0.0730. The van der Waals surface area contributed by atoms with Crippen molar-refractivity contribution in [3.05, 3.63) is 29.3 Å². The lowest BCUT2D eigenvalue weighted by Gasteiger charge is -2.33. The van der Waals surface area contributed by atoms with Gasteiger partial charge in [0.05, 0.1) is 27.9 Å². The number of amides is 1. The molecule has 0 aliphatic carbocycles. The number of nitrogens with one attached hydrogen (secondary N) is 1. The molecule has 1 aromatic carbocycles. The molecule has 1 aromatic heterocycles. The Morgan fingerprint density at radius 1 is 1.44 bits per heavy atom. The summed E-state index contributed by atoms with van der Waals surface area (Å²) in [4.78, 5) is 19.1. The standard InChI is InChI=1S/C19H27N3O2S/c1-14(2)12-22-9-10-24-15(13-22)11-20-18(23)7-8-19-21-16-5-3-4-6-17(16)25-19/h3-6,14-15H,7-13H2,1-2H3,(H,20,23)/t15-/m1/s1. The third kappa shape index (κ3) is 5.49. The Bertz CT molecular complexity index is 668. The van der Waals surface area contributed by atoms with E-state index >= 15 is 0 Å². The Kier molecular flexibility index (Phi) is 6.39. The van der Waals surface area contributed by atoms with E-state index in [4.69, 9.17) is 4.74 Å². The summed E-state index contributed by atoms with van der Waals surface area (Å²) in [6, 6.07) is 8.09. The molecule has 0 bridgehead atoms. The van der Waals surface area contributed by atoms with Gasteiger partial charge in [0.2, 0.25) is 5.91 Å². The van der Waals surface area contributed by atoms with Crippen molar-refractivity contribution in [1.82, 2.24) is 15.2 Å². The first-order valence-electron chi connectivity index (χ1n) is 9.05. The predicted molar refractivity (Wildman–Crippen MR) is 102 cm³/mol. The van der Waals surface area contributed by atoms with Crippen molar-refractivity contribution < 1.29 is 9.53 Å². The van der Waals surface area contributed by atoms with Crippen LogP contribution in [-0.4, -0.2) is 54.7 Å². The van der Waals surface area contributed by atoms with E-state index in [9.17, 15) is 4.79 Å². The van der Waals surface area contributed by atoms with Crippen LogP contribution in [0.5, 0.6) is 0 Å².